The molecule has 0 bridgehead atoms. The smallest absolute Gasteiger partial charge is 0.134 e. The van der Waals surface area contributed by atoms with Gasteiger partial charge in [0.15, 0.2) is 0 Å². The van der Waals surface area contributed by atoms with Crippen molar-refractivity contribution in [3.8, 4) is 0 Å². The minimum atomic E-state index is -0.185. The first-order valence-corrected chi connectivity index (χ1v) is 6.79. The van der Waals surface area contributed by atoms with Crippen LogP contribution in [-0.2, 0) is 6.42 Å². The van der Waals surface area contributed by atoms with Crippen LogP contribution in [0.5, 0.6) is 0 Å². The molecule has 0 aliphatic heterocycles. The Balaban J connectivity index is 2.14. The van der Waals surface area contributed by atoms with E-state index in [0.717, 1.165) is 16.4 Å². The van der Waals surface area contributed by atoms with Crippen molar-refractivity contribution in [3.05, 3.63) is 45.7 Å². The molecule has 0 spiro atoms. The molecule has 0 aliphatic carbocycles. The van der Waals surface area contributed by atoms with E-state index in [4.69, 9.17) is 0 Å². The van der Waals surface area contributed by atoms with Crippen LogP contribution in [0.3, 0.4) is 0 Å². The molecule has 0 saturated heterocycles. The second-order valence-electron chi connectivity index (χ2n) is 4.05. The molecule has 18 heavy (non-hydrogen) atoms. The lowest BCUT2D eigenvalue weighted by atomic mass is 10.1. The molecule has 1 aromatic carbocycles. The van der Waals surface area contributed by atoms with E-state index in [1.807, 2.05) is 13.1 Å². The second-order valence-corrected chi connectivity index (χ2v) is 5.15. The number of hydrogen-bond donors (Lipinski definition) is 1. The Morgan fingerprint density at radius 1 is 1.33 bits per heavy atom. The van der Waals surface area contributed by atoms with Crippen molar-refractivity contribution in [1.82, 2.24) is 15.5 Å². The zero-order valence-electron chi connectivity index (χ0n) is 10.5. The SMILES string of the molecule is CCC(NC)c1nnc(Cc2ccccc2F)s1. The Morgan fingerprint density at radius 3 is 2.78 bits per heavy atom. The van der Waals surface area contributed by atoms with Crippen LogP contribution >= 0.6 is 11.3 Å². The standard InChI is InChI=1S/C13H16FN3S/c1-3-11(15-2)13-17-16-12(18-13)8-9-6-4-5-7-10(9)14/h4-7,11,15H,3,8H2,1-2H3. The fourth-order valence-corrected chi connectivity index (χ4v) is 2.84. The van der Waals surface area contributed by atoms with E-state index in [0.29, 0.717) is 12.0 Å². The summed E-state index contributed by atoms with van der Waals surface area (Å²) < 4.78 is 13.5. The van der Waals surface area contributed by atoms with E-state index in [-0.39, 0.29) is 11.9 Å². The Hall–Kier alpha value is -1.33. The van der Waals surface area contributed by atoms with Crippen LogP contribution in [0.25, 0.3) is 0 Å². The second kappa shape index (κ2) is 6.02. The highest BCUT2D eigenvalue weighted by Crippen LogP contribution is 2.22. The molecule has 0 saturated carbocycles. The number of rotatable bonds is 5. The van der Waals surface area contributed by atoms with Crippen molar-refractivity contribution in [2.75, 3.05) is 7.05 Å². The molecular weight excluding hydrogens is 249 g/mol. The van der Waals surface area contributed by atoms with E-state index in [2.05, 4.69) is 22.4 Å². The lowest BCUT2D eigenvalue weighted by molar-refractivity contribution is 0.568. The summed E-state index contributed by atoms with van der Waals surface area (Å²) in [6, 6.07) is 7.02. The van der Waals surface area contributed by atoms with Gasteiger partial charge in [0.05, 0.1) is 6.04 Å². The van der Waals surface area contributed by atoms with Gasteiger partial charge in [0.2, 0.25) is 0 Å². The quantitative estimate of drug-likeness (QED) is 0.903. The van der Waals surface area contributed by atoms with Gasteiger partial charge < -0.3 is 5.32 Å². The molecule has 2 rings (SSSR count). The highest BCUT2D eigenvalue weighted by Gasteiger charge is 2.13. The normalized spacial score (nSPS) is 12.6. The molecule has 1 unspecified atom stereocenters. The fraction of sp³-hybridized carbons (Fsp3) is 0.385. The van der Waals surface area contributed by atoms with Gasteiger partial charge in [-0.25, -0.2) is 4.39 Å². The van der Waals surface area contributed by atoms with Crippen LogP contribution in [-0.4, -0.2) is 17.2 Å². The average molecular weight is 265 g/mol. The predicted octanol–water partition coefficient (Wildman–Crippen LogP) is 2.94. The van der Waals surface area contributed by atoms with Crippen LogP contribution in [0.2, 0.25) is 0 Å². The summed E-state index contributed by atoms with van der Waals surface area (Å²) in [5, 5.41) is 13.3. The zero-order chi connectivity index (χ0) is 13.0. The van der Waals surface area contributed by atoms with Crippen molar-refractivity contribution in [3.63, 3.8) is 0 Å². The number of aromatic nitrogens is 2. The molecule has 1 aromatic heterocycles. The third-order valence-electron chi connectivity index (χ3n) is 2.84. The number of halogens is 1. The Kier molecular flexibility index (Phi) is 4.38. The minimum absolute atomic E-state index is 0.185. The highest BCUT2D eigenvalue weighted by molar-refractivity contribution is 7.11. The maximum Gasteiger partial charge on any atom is 0.134 e. The van der Waals surface area contributed by atoms with Crippen molar-refractivity contribution in [2.45, 2.75) is 25.8 Å². The van der Waals surface area contributed by atoms with Crippen molar-refractivity contribution in [1.29, 1.82) is 0 Å². The van der Waals surface area contributed by atoms with Gasteiger partial charge in [-0.15, -0.1) is 10.2 Å². The maximum atomic E-state index is 13.5. The van der Waals surface area contributed by atoms with E-state index in [9.17, 15) is 4.39 Å². The lowest BCUT2D eigenvalue weighted by Crippen LogP contribution is -2.14. The van der Waals surface area contributed by atoms with Crippen LogP contribution in [0, 0.1) is 5.82 Å². The summed E-state index contributed by atoms with van der Waals surface area (Å²) in [5.41, 5.74) is 0.665. The van der Waals surface area contributed by atoms with Gasteiger partial charge in [0.25, 0.3) is 0 Å². The number of nitrogens with one attached hydrogen (secondary N) is 1. The third-order valence-corrected chi connectivity index (χ3v) is 3.87. The molecule has 0 radical (unpaired) electrons. The largest absolute Gasteiger partial charge is 0.311 e. The molecular formula is C13H16FN3S. The van der Waals surface area contributed by atoms with E-state index in [1.165, 1.54) is 6.07 Å². The number of nitrogens with zero attached hydrogens (tertiary/aromatic N) is 2. The monoisotopic (exact) mass is 265 g/mol. The Labute approximate surface area is 110 Å². The Morgan fingerprint density at radius 2 is 2.11 bits per heavy atom. The maximum absolute atomic E-state index is 13.5. The zero-order valence-corrected chi connectivity index (χ0v) is 11.3. The summed E-state index contributed by atoms with van der Waals surface area (Å²) in [4.78, 5) is 0. The summed E-state index contributed by atoms with van der Waals surface area (Å²) in [7, 11) is 1.91. The summed E-state index contributed by atoms with van der Waals surface area (Å²) in [5.74, 6) is -0.185. The van der Waals surface area contributed by atoms with Gasteiger partial charge in [-0.05, 0) is 25.1 Å². The first kappa shape index (κ1) is 13.1. The summed E-state index contributed by atoms with van der Waals surface area (Å²) in [6.07, 6.45) is 1.47. The van der Waals surface area contributed by atoms with E-state index >= 15 is 0 Å². The summed E-state index contributed by atoms with van der Waals surface area (Å²) in [6.45, 7) is 2.10. The van der Waals surface area contributed by atoms with Crippen molar-refractivity contribution in [2.24, 2.45) is 0 Å². The minimum Gasteiger partial charge on any atom is -0.311 e. The highest BCUT2D eigenvalue weighted by atomic mass is 32.1. The molecule has 96 valence electrons. The van der Waals surface area contributed by atoms with Crippen LogP contribution in [0.1, 0.15) is 35.0 Å². The first-order valence-electron chi connectivity index (χ1n) is 5.97. The molecule has 5 heteroatoms. The fourth-order valence-electron chi connectivity index (χ4n) is 1.79. The van der Waals surface area contributed by atoms with Gasteiger partial charge in [-0.3, -0.25) is 0 Å². The average Bonchev–Trinajstić information content (AvgIpc) is 2.82. The van der Waals surface area contributed by atoms with Gasteiger partial charge in [0, 0.05) is 6.42 Å². The van der Waals surface area contributed by atoms with E-state index < -0.39 is 0 Å². The van der Waals surface area contributed by atoms with Crippen molar-refractivity contribution >= 4 is 11.3 Å². The van der Waals surface area contributed by atoms with Gasteiger partial charge in [0.1, 0.15) is 15.8 Å². The van der Waals surface area contributed by atoms with Gasteiger partial charge in [-0.1, -0.05) is 36.5 Å². The summed E-state index contributed by atoms with van der Waals surface area (Å²) >= 11 is 1.54. The molecule has 1 heterocycles. The molecule has 1 N–H and O–H groups in total. The van der Waals surface area contributed by atoms with Crippen molar-refractivity contribution < 1.29 is 4.39 Å². The number of hydrogen-bond acceptors (Lipinski definition) is 4. The molecule has 0 amide bonds. The predicted molar refractivity (Wildman–Crippen MR) is 71.2 cm³/mol. The van der Waals surface area contributed by atoms with Gasteiger partial charge >= 0.3 is 0 Å². The molecule has 0 fully saturated rings. The van der Waals surface area contributed by atoms with Crippen LogP contribution in [0.15, 0.2) is 24.3 Å². The molecule has 2 aromatic rings. The Bertz CT molecular complexity index is 508. The van der Waals surface area contributed by atoms with Gasteiger partial charge in [-0.2, -0.15) is 0 Å². The third kappa shape index (κ3) is 2.91. The first-order chi connectivity index (χ1) is 8.74. The molecule has 3 nitrogen and oxygen atoms in total. The molecule has 0 aliphatic rings. The molecule has 1 atom stereocenters. The lowest BCUT2D eigenvalue weighted by Gasteiger charge is -2.08. The topological polar surface area (TPSA) is 37.8 Å². The van der Waals surface area contributed by atoms with Crippen LogP contribution < -0.4 is 5.32 Å². The van der Waals surface area contributed by atoms with E-state index in [1.54, 1.807) is 23.5 Å². The number of benzene rings is 1. The van der Waals surface area contributed by atoms with Crippen LogP contribution in [0.4, 0.5) is 4.39 Å².